The lowest BCUT2D eigenvalue weighted by Crippen LogP contribution is -2.04. The molecule has 1 aliphatic rings. The molecule has 3 aromatic heterocycles. The fraction of sp³-hybridized carbons (Fsp3) is 0.333. The lowest BCUT2D eigenvalue weighted by molar-refractivity contribution is 0.193. The van der Waals surface area contributed by atoms with Crippen molar-refractivity contribution in [1.82, 2.24) is 24.8 Å². The van der Waals surface area contributed by atoms with Gasteiger partial charge in [-0.3, -0.25) is 4.98 Å². The molecule has 7 nitrogen and oxygen atoms in total. The Morgan fingerprint density at radius 3 is 3.10 bits per heavy atom. The summed E-state index contributed by atoms with van der Waals surface area (Å²) in [5.41, 5.74) is 7.28. The van der Waals surface area contributed by atoms with Gasteiger partial charge in [-0.05, 0) is 12.5 Å². The summed E-state index contributed by atoms with van der Waals surface area (Å²) >= 11 is 1.48. The van der Waals surface area contributed by atoms with Crippen LogP contribution in [0.3, 0.4) is 0 Å². The zero-order chi connectivity index (χ0) is 13.5. The molecule has 4 heterocycles. The van der Waals surface area contributed by atoms with E-state index < -0.39 is 0 Å². The highest BCUT2D eigenvalue weighted by Crippen LogP contribution is 2.29. The van der Waals surface area contributed by atoms with Crippen LogP contribution in [0.4, 0.5) is 5.69 Å². The number of hydrogen-bond donors (Lipinski definition) is 1. The molecule has 2 N–H and O–H groups in total. The second kappa shape index (κ2) is 4.50. The molecule has 20 heavy (non-hydrogen) atoms. The number of pyridine rings is 1. The van der Waals surface area contributed by atoms with E-state index in [0.717, 1.165) is 34.4 Å². The first-order valence-corrected chi connectivity index (χ1v) is 7.14. The van der Waals surface area contributed by atoms with E-state index in [0.29, 0.717) is 12.3 Å². The molecule has 102 valence electrons. The Kier molecular flexibility index (Phi) is 2.64. The fourth-order valence-corrected chi connectivity index (χ4v) is 3.14. The molecule has 0 saturated carbocycles. The summed E-state index contributed by atoms with van der Waals surface area (Å²) in [6, 6.07) is 1.86. The zero-order valence-corrected chi connectivity index (χ0v) is 11.4. The number of anilines is 1. The fourth-order valence-electron chi connectivity index (χ4n) is 2.32. The number of nitrogen functional groups attached to an aromatic ring is 1. The summed E-state index contributed by atoms with van der Waals surface area (Å²) in [7, 11) is 0. The van der Waals surface area contributed by atoms with E-state index in [2.05, 4.69) is 20.3 Å². The molecular weight excluding hydrogens is 276 g/mol. The van der Waals surface area contributed by atoms with Gasteiger partial charge in [0.15, 0.2) is 5.82 Å². The van der Waals surface area contributed by atoms with Crippen molar-refractivity contribution in [3.8, 4) is 10.6 Å². The summed E-state index contributed by atoms with van der Waals surface area (Å²) < 4.78 is 7.21. The first-order valence-electron chi connectivity index (χ1n) is 6.32. The molecule has 0 spiro atoms. The molecule has 1 aliphatic heterocycles. The lowest BCUT2D eigenvalue weighted by Gasteiger charge is -2.01. The molecule has 1 unspecified atom stereocenters. The largest absolute Gasteiger partial charge is 0.397 e. The van der Waals surface area contributed by atoms with Crippen molar-refractivity contribution >= 4 is 22.0 Å². The number of aromatic nitrogens is 5. The van der Waals surface area contributed by atoms with E-state index in [1.807, 2.05) is 10.6 Å². The average Bonchev–Trinajstić information content (AvgIpc) is 3.14. The molecule has 0 bridgehead atoms. The quantitative estimate of drug-likeness (QED) is 0.765. The van der Waals surface area contributed by atoms with Gasteiger partial charge in [-0.25, -0.2) is 0 Å². The molecule has 0 radical (unpaired) electrons. The Bertz CT molecular complexity index is 760. The summed E-state index contributed by atoms with van der Waals surface area (Å²) in [6.07, 6.45) is 4.33. The van der Waals surface area contributed by atoms with Crippen LogP contribution in [-0.2, 0) is 4.74 Å². The molecule has 4 rings (SSSR count). The summed E-state index contributed by atoms with van der Waals surface area (Å²) in [5.74, 6) is 1.15. The Balaban J connectivity index is 1.79. The highest BCUT2D eigenvalue weighted by molar-refractivity contribution is 7.19. The summed E-state index contributed by atoms with van der Waals surface area (Å²) in [5, 5.41) is 13.9. The molecule has 1 fully saturated rings. The standard InChI is InChI=1S/C12H12N6OS/c13-9-3-8(4-14-5-9)11-17-18-10(7-1-2-19-6-7)15-16-12(18)20-11/h3-5,7H,1-2,6,13H2. The van der Waals surface area contributed by atoms with Gasteiger partial charge in [-0.15, -0.1) is 10.2 Å². The van der Waals surface area contributed by atoms with Crippen LogP contribution in [0, 0.1) is 0 Å². The van der Waals surface area contributed by atoms with Crippen molar-refractivity contribution in [3.63, 3.8) is 0 Å². The molecule has 1 atom stereocenters. The molecular formula is C12H12N6OS. The van der Waals surface area contributed by atoms with Gasteiger partial charge in [0.05, 0.1) is 12.3 Å². The van der Waals surface area contributed by atoms with E-state index in [1.165, 1.54) is 11.3 Å². The maximum absolute atomic E-state index is 5.76. The number of rotatable bonds is 2. The van der Waals surface area contributed by atoms with Crippen molar-refractivity contribution in [1.29, 1.82) is 0 Å². The Morgan fingerprint density at radius 2 is 2.30 bits per heavy atom. The maximum atomic E-state index is 5.76. The maximum Gasteiger partial charge on any atom is 0.234 e. The number of fused-ring (bicyclic) bond motifs is 1. The van der Waals surface area contributed by atoms with Crippen molar-refractivity contribution in [2.24, 2.45) is 0 Å². The van der Waals surface area contributed by atoms with E-state index in [-0.39, 0.29) is 5.92 Å². The van der Waals surface area contributed by atoms with E-state index >= 15 is 0 Å². The van der Waals surface area contributed by atoms with Crippen molar-refractivity contribution in [2.45, 2.75) is 12.3 Å². The highest BCUT2D eigenvalue weighted by Gasteiger charge is 2.25. The topological polar surface area (TPSA) is 91.2 Å². The number of nitrogens with two attached hydrogens (primary N) is 1. The summed E-state index contributed by atoms with van der Waals surface area (Å²) in [6.45, 7) is 1.46. The minimum atomic E-state index is 0.277. The van der Waals surface area contributed by atoms with Crippen LogP contribution >= 0.6 is 11.3 Å². The Labute approximate surface area is 118 Å². The van der Waals surface area contributed by atoms with Gasteiger partial charge in [-0.2, -0.15) is 9.61 Å². The van der Waals surface area contributed by atoms with Gasteiger partial charge in [-0.1, -0.05) is 11.3 Å². The number of hydrogen-bond acceptors (Lipinski definition) is 7. The van der Waals surface area contributed by atoms with Gasteiger partial charge in [0.2, 0.25) is 4.96 Å². The number of ether oxygens (including phenoxy) is 1. The Hall–Kier alpha value is -2.06. The van der Waals surface area contributed by atoms with Gasteiger partial charge in [0, 0.05) is 30.5 Å². The van der Waals surface area contributed by atoms with Crippen LogP contribution < -0.4 is 5.73 Å². The normalized spacial score (nSPS) is 18.9. The second-order valence-corrected chi connectivity index (χ2v) is 5.68. The molecule has 0 aromatic carbocycles. The van der Waals surface area contributed by atoms with Crippen molar-refractivity contribution in [2.75, 3.05) is 18.9 Å². The third-order valence-electron chi connectivity index (χ3n) is 3.32. The minimum Gasteiger partial charge on any atom is -0.397 e. The van der Waals surface area contributed by atoms with Crippen LogP contribution in [0.25, 0.3) is 15.5 Å². The molecule has 1 saturated heterocycles. The molecule has 0 aliphatic carbocycles. The predicted molar refractivity (Wildman–Crippen MR) is 74.5 cm³/mol. The first-order chi connectivity index (χ1) is 9.81. The van der Waals surface area contributed by atoms with Gasteiger partial charge < -0.3 is 10.5 Å². The van der Waals surface area contributed by atoms with Gasteiger partial charge in [0.1, 0.15) is 5.01 Å². The second-order valence-electron chi connectivity index (χ2n) is 4.73. The van der Waals surface area contributed by atoms with Crippen LogP contribution in [-0.4, -0.2) is 38.0 Å². The summed E-state index contributed by atoms with van der Waals surface area (Å²) in [4.78, 5) is 4.87. The molecule has 0 amide bonds. The first kappa shape index (κ1) is 11.7. The van der Waals surface area contributed by atoms with Gasteiger partial charge >= 0.3 is 0 Å². The smallest absolute Gasteiger partial charge is 0.234 e. The van der Waals surface area contributed by atoms with E-state index in [1.54, 1.807) is 12.4 Å². The minimum absolute atomic E-state index is 0.277. The molecule has 8 heteroatoms. The van der Waals surface area contributed by atoms with Crippen molar-refractivity contribution < 1.29 is 4.74 Å². The SMILES string of the molecule is Nc1cncc(-c2nn3c(C4CCOC4)nnc3s2)c1. The van der Waals surface area contributed by atoms with Crippen LogP contribution in [0.15, 0.2) is 18.5 Å². The highest BCUT2D eigenvalue weighted by atomic mass is 32.1. The predicted octanol–water partition coefficient (Wildman–Crippen LogP) is 1.33. The lowest BCUT2D eigenvalue weighted by atomic mass is 10.1. The van der Waals surface area contributed by atoms with Crippen molar-refractivity contribution in [3.05, 3.63) is 24.3 Å². The van der Waals surface area contributed by atoms with Gasteiger partial charge in [0.25, 0.3) is 0 Å². The van der Waals surface area contributed by atoms with Crippen LogP contribution in [0.5, 0.6) is 0 Å². The zero-order valence-electron chi connectivity index (χ0n) is 10.6. The monoisotopic (exact) mass is 288 g/mol. The Morgan fingerprint density at radius 1 is 1.35 bits per heavy atom. The number of nitrogens with zero attached hydrogens (tertiary/aromatic N) is 5. The van der Waals surface area contributed by atoms with E-state index in [4.69, 9.17) is 10.5 Å². The van der Waals surface area contributed by atoms with E-state index in [9.17, 15) is 0 Å². The molecule has 3 aromatic rings. The van der Waals surface area contributed by atoms with Crippen LogP contribution in [0.1, 0.15) is 18.2 Å². The average molecular weight is 288 g/mol. The third-order valence-corrected chi connectivity index (χ3v) is 4.26. The third kappa shape index (κ3) is 1.84. The van der Waals surface area contributed by atoms with Crippen LogP contribution in [0.2, 0.25) is 0 Å².